The lowest BCUT2D eigenvalue weighted by Crippen LogP contribution is -2.32. The predicted molar refractivity (Wildman–Crippen MR) is 156 cm³/mol. The number of allylic oxidation sites excluding steroid dienone is 1. The number of hydrogen-bond donors (Lipinski definition) is 1. The zero-order valence-corrected chi connectivity index (χ0v) is 22.7. The van der Waals surface area contributed by atoms with Crippen molar-refractivity contribution in [2.45, 2.75) is 38.8 Å². The summed E-state index contributed by atoms with van der Waals surface area (Å²) in [7, 11) is 3.39. The Kier molecular flexibility index (Phi) is 8.16. The Morgan fingerprint density at radius 2 is 1.39 bits per heavy atom. The van der Waals surface area contributed by atoms with Crippen LogP contribution in [0.15, 0.2) is 79.0 Å². The van der Waals surface area contributed by atoms with Crippen molar-refractivity contribution in [3.63, 3.8) is 0 Å². The second-order valence-corrected chi connectivity index (χ2v) is 10.0. The summed E-state index contributed by atoms with van der Waals surface area (Å²) in [4.78, 5) is 2.38. The maximum absolute atomic E-state index is 11.0. The minimum absolute atomic E-state index is 0.409. The SMILES string of the molecule is CCC(=C(c1ccc(OC)cc1)c1ccc(OC)cc1)c1cn(CC(O)CN2CCCC2)c2ccccc12. The highest BCUT2D eigenvalue weighted by molar-refractivity contribution is 6.05. The van der Waals surface area contributed by atoms with Crippen LogP contribution < -0.4 is 9.47 Å². The van der Waals surface area contributed by atoms with Crippen molar-refractivity contribution in [1.82, 2.24) is 9.47 Å². The highest BCUT2D eigenvalue weighted by Crippen LogP contribution is 2.39. The summed E-state index contributed by atoms with van der Waals surface area (Å²) in [5, 5.41) is 12.2. The number of hydrogen-bond acceptors (Lipinski definition) is 4. The van der Waals surface area contributed by atoms with Crippen LogP contribution in [0.5, 0.6) is 11.5 Å². The van der Waals surface area contributed by atoms with Gasteiger partial charge in [-0.15, -0.1) is 0 Å². The molecule has 5 rings (SSSR count). The zero-order chi connectivity index (χ0) is 26.5. The first kappa shape index (κ1) is 26.1. The van der Waals surface area contributed by atoms with Crippen molar-refractivity contribution in [3.05, 3.63) is 95.7 Å². The largest absolute Gasteiger partial charge is 0.497 e. The molecule has 0 spiro atoms. The lowest BCUT2D eigenvalue weighted by atomic mass is 9.88. The number of aliphatic hydroxyl groups excluding tert-OH is 1. The summed E-state index contributed by atoms with van der Waals surface area (Å²) in [5.74, 6) is 1.67. The summed E-state index contributed by atoms with van der Waals surface area (Å²) in [5.41, 5.74) is 7.09. The van der Waals surface area contributed by atoms with Crippen LogP contribution in [-0.4, -0.2) is 54.5 Å². The number of aliphatic hydroxyl groups is 1. The molecule has 0 saturated carbocycles. The first-order valence-electron chi connectivity index (χ1n) is 13.6. The Labute approximate surface area is 225 Å². The third-order valence-corrected chi connectivity index (χ3v) is 7.60. The second kappa shape index (κ2) is 11.9. The molecule has 38 heavy (non-hydrogen) atoms. The van der Waals surface area contributed by atoms with Gasteiger partial charge in [-0.05, 0) is 85.0 Å². The average molecular weight is 511 g/mol. The number of methoxy groups -OCH3 is 2. The number of rotatable bonds is 10. The van der Waals surface area contributed by atoms with Gasteiger partial charge in [-0.1, -0.05) is 49.4 Å². The summed E-state index contributed by atoms with van der Waals surface area (Å²) >= 11 is 0. The molecule has 1 aliphatic rings. The molecule has 3 aromatic carbocycles. The lowest BCUT2D eigenvalue weighted by molar-refractivity contribution is 0.110. The number of ether oxygens (including phenoxy) is 2. The molecule has 1 atom stereocenters. The normalized spacial score (nSPS) is 14.5. The van der Waals surface area contributed by atoms with Crippen molar-refractivity contribution in [3.8, 4) is 11.5 Å². The smallest absolute Gasteiger partial charge is 0.118 e. The minimum Gasteiger partial charge on any atom is -0.497 e. The Morgan fingerprint density at radius 1 is 0.816 bits per heavy atom. The summed E-state index contributed by atoms with van der Waals surface area (Å²) in [6, 6.07) is 25.1. The van der Waals surface area contributed by atoms with Gasteiger partial charge in [0.2, 0.25) is 0 Å². The zero-order valence-electron chi connectivity index (χ0n) is 22.7. The van der Waals surface area contributed by atoms with E-state index in [4.69, 9.17) is 9.47 Å². The molecule has 1 saturated heterocycles. The molecule has 198 valence electrons. The van der Waals surface area contributed by atoms with E-state index in [-0.39, 0.29) is 0 Å². The molecule has 1 unspecified atom stereocenters. The van der Waals surface area contributed by atoms with Crippen molar-refractivity contribution in [1.29, 1.82) is 0 Å². The topological polar surface area (TPSA) is 46.9 Å². The monoisotopic (exact) mass is 510 g/mol. The number of para-hydroxylation sites is 1. The van der Waals surface area contributed by atoms with Gasteiger partial charge < -0.3 is 24.0 Å². The predicted octanol–water partition coefficient (Wildman–Crippen LogP) is 6.48. The van der Waals surface area contributed by atoms with E-state index in [1.54, 1.807) is 14.2 Å². The van der Waals surface area contributed by atoms with E-state index >= 15 is 0 Å². The summed E-state index contributed by atoms with van der Waals surface area (Å²) in [6.07, 6.45) is 5.15. The Balaban J connectivity index is 1.63. The molecule has 0 amide bonds. The lowest BCUT2D eigenvalue weighted by Gasteiger charge is -2.20. The maximum atomic E-state index is 11.0. The third-order valence-electron chi connectivity index (χ3n) is 7.60. The number of nitrogens with zero attached hydrogens (tertiary/aromatic N) is 2. The van der Waals surface area contributed by atoms with Crippen molar-refractivity contribution in [2.24, 2.45) is 0 Å². The molecule has 1 N–H and O–H groups in total. The van der Waals surface area contributed by atoms with Crippen LogP contribution >= 0.6 is 0 Å². The fourth-order valence-corrected chi connectivity index (χ4v) is 5.72. The van der Waals surface area contributed by atoms with Crippen LogP contribution in [0.1, 0.15) is 42.9 Å². The van der Waals surface area contributed by atoms with Gasteiger partial charge in [0.15, 0.2) is 0 Å². The molecule has 1 aliphatic heterocycles. The number of benzene rings is 3. The fourth-order valence-electron chi connectivity index (χ4n) is 5.72. The summed E-state index contributed by atoms with van der Waals surface area (Å²) < 4.78 is 13.1. The molecular formula is C33H38N2O3. The number of aromatic nitrogens is 1. The minimum atomic E-state index is -0.409. The van der Waals surface area contributed by atoms with Gasteiger partial charge in [0.05, 0.1) is 20.3 Å². The molecule has 4 aromatic rings. The quantitative estimate of drug-likeness (QED) is 0.265. The van der Waals surface area contributed by atoms with Crippen molar-refractivity contribution in [2.75, 3.05) is 33.9 Å². The fraction of sp³-hybridized carbons (Fsp3) is 0.333. The van der Waals surface area contributed by atoms with Gasteiger partial charge >= 0.3 is 0 Å². The van der Waals surface area contributed by atoms with E-state index in [1.807, 2.05) is 24.3 Å². The highest BCUT2D eigenvalue weighted by Gasteiger charge is 2.20. The van der Waals surface area contributed by atoms with Crippen LogP contribution in [0, 0.1) is 0 Å². The van der Waals surface area contributed by atoms with E-state index in [9.17, 15) is 5.11 Å². The number of β-amino-alcohol motifs (C(OH)–C–C–N with tert-alkyl or cyclic N) is 1. The molecule has 0 bridgehead atoms. The van der Waals surface area contributed by atoms with Crippen LogP contribution in [0.4, 0.5) is 0 Å². The highest BCUT2D eigenvalue weighted by atomic mass is 16.5. The molecule has 1 aromatic heterocycles. The van der Waals surface area contributed by atoms with Crippen LogP contribution in [0.3, 0.4) is 0 Å². The van der Waals surface area contributed by atoms with Gasteiger partial charge in [0.1, 0.15) is 11.5 Å². The molecular weight excluding hydrogens is 472 g/mol. The Morgan fingerprint density at radius 3 is 1.95 bits per heavy atom. The van der Waals surface area contributed by atoms with Crippen molar-refractivity contribution < 1.29 is 14.6 Å². The standard InChI is InChI=1S/C33H38N2O3/c1-4-29(33(24-11-15-27(37-2)16-12-24)25-13-17-28(38-3)18-14-25)31-23-35(32-10-6-5-9-30(31)32)22-26(36)21-34-19-7-8-20-34/h5-6,9-18,23,26,36H,4,7-8,19-22H2,1-3H3. The average Bonchev–Trinajstić information content (AvgIpc) is 3.60. The van der Waals surface area contributed by atoms with Gasteiger partial charge in [-0.25, -0.2) is 0 Å². The van der Waals surface area contributed by atoms with E-state index in [0.29, 0.717) is 6.54 Å². The molecule has 0 radical (unpaired) electrons. The molecule has 0 aliphatic carbocycles. The molecule has 5 nitrogen and oxygen atoms in total. The van der Waals surface area contributed by atoms with E-state index in [1.165, 1.54) is 34.9 Å². The number of likely N-dealkylation sites (tertiary alicyclic amines) is 1. The van der Waals surface area contributed by atoms with Crippen LogP contribution in [0.2, 0.25) is 0 Å². The number of fused-ring (bicyclic) bond motifs is 1. The molecule has 5 heteroatoms. The Hall–Kier alpha value is -3.54. The van der Waals surface area contributed by atoms with Gasteiger partial charge in [-0.2, -0.15) is 0 Å². The third kappa shape index (κ3) is 5.50. The molecule has 2 heterocycles. The first-order valence-corrected chi connectivity index (χ1v) is 13.6. The van der Waals surface area contributed by atoms with Crippen LogP contribution in [-0.2, 0) is 6.54 Å². The first-order chi connectivity index (χ1) is 18.6. The van der Waals surface area contributed by atoms with Crippen molar-refractivity contribution >= 4 is 22.0 Å². The van der Waals surface area contributed by atoms with E-state index in [2.05, 4.69) is 71.1 Å². The van der Waals surface area contributed by atoms with E-state index < -0.39 is 6.10 Å². The summed E-state index contributed by atoms with van der Waals surface area (Å²) in [6.45, 7) is 5.70. The molecule has 1 fully saturated rings. The van der Waals surface area contributed by atoms with Gasteiger partial charge in [0.25, 0.3) is 0 Å². The maximum Gasteiger partial charge on any atom is 0.118 e. The Bertz CT molecular complexity index is 1330. The van der Waals surface area contributed by atoms with Crippen LogP contribution in [0.25, 0.3) is 22.0 Å². The van der Waals surface area contributed by atoms with Gasteiger partial charge in [-0.3, -0.25) is 0 Å². The second-order valence-electron chi connectivity index (χ2n) is 10.0. The van der Waals surface area contributed by atoms with Gasteiger partial charge in [0, 0.05) is 35.8 Å². The van der Waals surface area contributed by atoms with E-state index in [0.717, 1.165) is 54.2 Å².